The Morgan fingerprint density at radius 2 is 1.21 bits per heavy atom. The lowest BCUT2D eigenvalue weighted by Gasteiger charge is -2.01. The Hall–Kier alpha value is -1.50. The minimum Gasteiger partial charge on any atom is -0.481 e. The summed E-state index contributed by atoms with van der Waals surface area (Å²) in [5.74, 6) is 2.98. The molecule has 0 atom stereocenters. The van der Waals surface area contributed by atoms with Crippen molar-refractivity contribution >= 4 is 11.9 Å². The Kier molecular flexibility index (Phi) is 11.9. The van der Waals surface area contributed by atoms with Crippen LogP contribution in [0.15, 0.2) is 0 Å². The van der Waals surface area contributed by atoms with E-state index in [1.807, 2.05) is 0 Å². The molecule has 0 saturated heterocycles. The maximum atomic E-state index is 10.3. The van der Waals surface area contributed by atoms with E-state index in [9.17, 15) is 9.59 Å². The van der Waals surface area contributed by atoms with Crippen LogP contribution in [0, 0.1) is 11.8 Å². The van der Waals surface area contributed by atoms with Crippen molar-refractivity contribution in [2.45, 2.75) is 70.6 Å². The Labute approximate surface area is 115 Å². The monoisotopic (exact) mass is 268 g/mol. The molecule has 0 saturated carbocycles. The minimum atomic E-state index is -1.05. The molecule has 108 valence electrons. The van der Waals surface area contributed by atoms with Gasteiger partial charge < -0.3 is 10.2 Å². The fourth-order valence-electron chi connectivity index (χ4n) is 1.87. The first-order valence-electron chi connectivity index (χ1n) is 7.06. The maximum absolute atomic E-state index is 10.3. The van der Waals surface area contributed by atoms with E-state index in [2.05, 4.69) is 11.8 Å². The summed E-state index contributed by atoms with van der Waals surface area (Å²) in [5, 5.41) is 16.8. The highest BCUT2D eigenvalue weighted by Gasteiger charge is 1.96. The molecule has 0 spiro atoms. The highest BCUT2D eigenvalue weighted by atomic mass is 16.4. The van der Waals surface area contributed by atoms with Gasteiger partial charge in [0.25, 0.3) is 0 Å². The molecule has 0 aliphatic rings. The van der Waals surface area contributed by atoms with Gasteiger partial charge in [-0.1, -0.05) is 50.9 Å². The minimum absolute atomic E-state index is 0.289. The highest BCUT2D eigenvalue weighted by molar-refractivity contribution is 5.86. The van der Waals surface area contributed by atoms with Gasteiger partial charge in [-0.25, -0.2) is 4.79 Å². The first-order valence-corrected chi connectivity index (χ1v) is 7.06. The summed E-state index contributed by atoms with van der Waals surface area (Å²) in [6.07, 6.45) is 10.7. The largest absolute Gasteiger partial charge is 0.481 e. The van der Waals surface area contributed by atoms with Gasteiger partial charge in [-0.2, -0.15) is 0 Å². The summed E-state index contributed by atoms with van der Waals surface area (Å²) in [7, 11) is 0. The van der Waals surface area contributed by atoms with E-state index in [1.54, 1.807) is 0 Å². The van der Waals surface area contributed by atoms with Crippen molar-refractivity contribution in [3.05, 3.63) is 0 Å². The van der Waals surface area contributed by atoms with Gasteiger partial charge in [-0.15, -0.1) is 0 Å². The third kappa shape index (κ3) is 16.5. The Morgan fingerprint density at radius 3 is 1.68 bits per heavy atom. The van der Waals surface area contributed by atoms with Gasteiger partial charge in [-0.3, -0.25) is 4.79 Å². The molecule has 0 aromatic carbocycles. The van der Waals surface area contributed by atoms with E-state index in [0.29, 0.717) is 6.42 Å². The first kappa shape index (κ1) is 17.5. The van der Waals surface area contributed by atoms with Gasteiger partial charge in [0, 0.05) is 18.8 Å². The molecule has 0 aliphatic heterocycles. The van der Waals surface area contributed by atoms with E-state index in [1.165, 1.54) is 25.7 Å². The smallest absolute Gasteiger partial charge is 0.381 e. The number of carboxylic acid groups (broad SMARTS) is 2. The summed E-state index contributed by atoms with van der Waals surface area (Å²) in [6.45, 7) is 0. The zero-order valence-corrected chi connectivity index (χ0v) is 11.5. The number of unbranched alkanes of at least 4 members (excludes halogenated alkanes) is 9. The van der Waals surface area contributed by atoms with E-state index in [4.69, 9.17) is 10.2 Å². The summed E-state index contributed by atoms with van der Waals surface area (Å²) < 4.78 is 0. The van der Waals surface area contributed by atoms with Crippen LogP contribution in [0.3, 0.4) is 0 Å². The van der Waals surface area contributed by atoms with Gasteiger partial charge in [0.05, 0.1) is 0 Å². The van der Waals surface area contributed by atoms with Crippen LogP contribution < -0.4 is 0 Å². The summed E-state index contributed by atoms with van der Waals surface area (Å²) in [4.78, 5) is 20.4. The lowest BCUT2D eigenvalue weighted by atomic mass is 10.1. The molecular formula is C15H24O4. The summed E-state index contributed by atoms with van der Waals surface area (Å²) in [5.41, 5.74) is 0. The summed E-state index contributed by atoms with van der Waals surface area (Å²) in [6, 6.07) is 0. The Balaban J connectivity index is 3.09. The van der Waals surface area contributed by atoms with Crippen LogP contribution in [0.2, 0.25) is 0 Å². The quantitative estimate of drug-likeness (QED) is 0.444. The molecule has 2 N–H and O–H groups in total. The molecule has 0 radical (unpaired) electrons. The first-order chi connectivity index (χ1) is 9.13. The molecule has 0 rings (SSSR count). The van der Waals surface area contributed by atoms with Crippen LogP contribution >= 0.6 is 0 Å². The number of carboxylic acids is 2. The fraction of sp³-hybridized carbons (Fsp3) is 0.733. The van der Waals surface area contributed by atoms with Crippen LogP contribution in [-0.2, 0) is 9.59 Å². The predicted octanol–water partition coefficient (Wildman–Crippen LogP) is 3.45. The number of carbonyl (C=O) groups is 2. The molecular weight excluding hydrogens is 244 g/mol. The van der Waals surface area contributed by atoms with Crippen molar-refractivity contribution < 1.29 is 19.8 Å². The van der Waals surface area contributed by atoms with Crippen molar-refractivity contribution in [2.75, 3.05) is 0 Å². The van der Waals surface area contributed by atoms with Crippen molar-refractivity contribution in [1.82, 2.24) is 0 Å². The van der Waals surface area contributed by atoms with E-state index in [-0.39, 0.29) is 6.42 Å². The normalized spacial score (nSPS) is 9.68. The van der Waals surface area contributed by atoms with E-state index in [0.717, 1.165) is 32.1 Å². The number of hydrogen-bond donors (Lipinski definition) is 2. The molecule has 4 heteroatoms. The summed E-state index contributed by atoms with van der Waals surface area (Å²) >= 11 is 0. The van der Waals surface area contributed by atoms with Crippen LogP contribution in [0.1, 0.15) is 70.6 Å². The molecule has 4 nitrogen and oxygen atoms in total. The highest BCUT2D eigenvalue weighted by Crippen LogP contribution is 2.11. The van der Waals surface area contributed by atoms with Crippen LogP contribution in [0.5, 0.6) is 0 Å². The van der Waals surface area contributed by atoms with Gasteiger partial charge in [0.2, 0.25) is 0 Å². The van der Waals surface area contributed by atoms with Crippen molar-refractivity contribution in [3.63, 3.8) is 0 Å². The van der Waals surface area contributed by atoms with E-state index < -0.39 is 11.9 Å². The second-order valence-electron chi connectivity index (χ2n) is 4.68. The molecule has 0 aromatic heterocycles. The number of hydrogen-bond acceptors (Lipinski definition) is 2. The zero-order chi connectivity index (χ0) is 14.3. The second kappa shape index (κ2) is 12.9. The predicted molar refractivity (Wildman–Crippen MR) is 73.8 cm³/mol. The van der Waals surface area contributed by atoms with E-state index >= 15 is 0 Å². The maximum Gasteiger partial charge on any atom is 0.381 e. The lowest BCUT2D eigenvalue weighted by Crippen LogP contribution is -1.93. The Bertz CT molecular complexity index is 312. The molecule has 0 heterocycles. The molecule has 0 fully saturated rings. The Morgan fingerprint density at radius 1 is 0.737 bits per heavy atom. The van der Waals surface area contributed by atoms with Crippen LogP contribution in [0.4, 0.5) is 0 Å². The van der Waals surface area contributed by atoms with Gasteiger partial charge in [0.1, 0.15) is 0 Å². The molecule has 0 amide bonds. The average molecular weight is 268 g/mol. The van der Waals surface area contributed by atoms with Crippen LogP contribution in [0.25, 0.3) is 0 Å². The molecule has 0 unspecified atom stereocenters. The zero-order valence-electron chi connectivity index (χ0n) is 11.5. The molecule has 0 aliphatic carbocycles. The topological polar surface area (TPSA) is 74.6 Å². The SMILES string of the molecule is O=C(O)C#CCCCCCCCCCCCC(=O)O. The van der Waals surface area contributed by atoms with Gasteiger partial charge in [0.15, 0.2) is 0 Å². The molecule has 0 aromatic rings. The van der Waals surface area contributed by atoms with Gasteiger partial charge >= 0.3 is 11.9 Å². The van der Waals surface area contributed by atoms with Crippen LogP contribution in [-0.4, -0.2) is 22.2 Å². The third-order valence-corrected chi connectivity index (χ3v) is 2.89. The molecule has 0 bridgehead atoms. The van der Waals surface area contributed by atoms with Crippen molar-refractivity contribution in [3.8, 4) is 11.8 Å². The van der Waals surface area contributed by atoms with Crippen molar-refractivity contribution in [2.24, 2.45) is 0 Å². The lowest BCUT2D eigenvalue weighted by molar-refractivity contribution is -0.137. The fourth-order valence-corrected chi connectivity index (χ4v) is 1.87. The standard InChI is InChI=1S/C15H24O4/c16-14(17)12-10-8-6-4-2-1-3-5-7-9-11-13-15(18)19/h1-10,12H2,(H,16,17)(H,18,19). The number of rotatable bonds is 11. The van der Waals surface area contributed by atoms with Crippen molar-refractivity contribution in [1.29, 1.82) is 0 Å². The van der Waals surface area contributed by atoms with Gasteiger partial charge in [-0.05, 0) is 12.8 Å². The average Bonchev–Trinajstić information content (AvgIpc) is 2.34. The molecule has 19 heavy (non-hydrogen) atoms. The number of aliphatic carboxylic acids is 2. The second-order valence-corrected chi connectivity index (χ2v) is 4.68. The third-order valence-electron chi connectivity index (χ3n) is 2.89.